The standard InChI is InChI=1S/C22H18N4O3/c23-17-6-2-4-8-19(17)24-20(27)15-11-9-14(10-12-15)13-26-21(28)16-5-1-3-7-18(16)25-22(26)29/h1-12H,13,23H2,(H,24,27)(H,25,29). The van der Waals surface area contributed by atoms with E-state index in [1.807, 2.05) is 0 Å². The second-order valence-electron chi connectivity index (χ2n) is 6.61. The van der Waals surface area contributed by atoms with Crippen molar-refractivity contribution in [3.63, 3.8) is 0 Å². The van der Waals surface area contributed by atoms with Crippen molar-refractivity contribution in [3.8, 4) is 0 Å². The molecule has 144 valence electrons. The summed E-state index contributed by atoms with van der Waals surface area (Å²) in [5, 5.41) is 3.21. The van der Waals surface area contributed by atoms with Crippen molar-refractivity contribution in [1.82, 2.24) is 9.55 Å². The minimum absolute atomic E-state index is 0.104. The molecule has 0 radical (unpaired) electrons. The van der Waals surface area contributed by atoms with Crippen LogP contribution in [0.25, 0.3) is 10.9 Å². The molecule has 0 unspecified atom stereocenters. The highest BCUT2D eigenvalue weighted by Gasteiger charge is 2.10. The lowest BCUT2D eigenvalue weighted by molar-refractivity contribution is 0.102. The van der Waals surface area contributed by atoms with E-state index in [1.165, 1.54) is 0 Å². The highest BCUT2D eigenvalue weighted by molar-refractivity contribution is 6.05. The molecule has 4 N–H and O–H groups in total. The number of hydrogen-bond acceptors (Lipinski definition) is 4. The Balaban J connectivity index is 1.57. The largest absolute Gasteiger partial charge is 0.397 e. The molecule has 1 heterocycles. The third-order valence-electron chi connectivity index (χ3n) is 4.66. The summed E-state index contributed by atoms with van der Waals surface area (Å²) in [6.07, 6.45) is 0. The van der Waals surface area contributed by atoms with E-state index in [-0.39, 0.29) is 18.0 Å². The number of aromatic amines is 1. The molecule has 0 spiro atoms. The highest BCUT2D eigenvalue weighted by atomic mass is 16.2. The number of carbonyl (C=O) groups is 1. The van der Waals surface area contributed by atoms with Gasteiger partial charge in [-0.1, -0.05) is 36.4 Å². The number of benzene rings is 3. The number of nitrogens with zero attached hydrogens (tertiary/aromatic N) is 1. The van der Waals surface area contributed by atoms with Gasteiger partial charge in [0, 0.05) is 5.56 Å². The summed E-state index contributed by atoms with van der Waals surface area (Å²) in [5.74, 6) is -0.296. The Labute approximate surface area is 165 Å². The zero-order chi connectivity index (χ0) is 20.4. The van der Waals surface area contributed by atoms with Gasteiger partial charge < -0.3 is 16.0 Å². The lowest BCUT2D eigenvalue weighted by atomic mass is 10.1. The van der Waals surface area contributed by atoms with Gasteiger partial charge in [-0.2, -0.15) is 0 Å². The van der Waals surface area contributed by atoms with Crippen LogP contribution in [0.15, 0.2) is 82.4 Å². The van der Waals surface area contributed by atoms with Crippen molar-refractivity contribution in [3.05, 3.63) is 105 Å². The van der Waals surface area contributed by atoms with Gasteiger partial charge in [-0.25, -0.2) is 4.79 Å². The molecule has 0 aliphatic carbocycles. The first-order valence-corrected chi connectivity index (χ1v) is 8.99. The van der Waals surface area contributed by atoms with Crippen molar-refractivity contribution >= 4 is 28.2 Å². The normalized spacial score (nSPS) is 10.8. The lowest BCUT2D eigenvalue weighted by Gasteiger charge is -2.09. The number of anilines is 2. The summed E-state index contributed by atoms with van der Waals surface area (Å²) >= 11 is 0. The van der Waals surface area contributed by atoms with Gasteiger partial charge in [-0.3, -0.25) is 14.2 Å². The van der Waals surface area contributed by atoms with E-state index in [2.05, 4.69) is 10.3 Å². The third-order valence-corrected chi connectivity index (χ3v) is 4.66. The molecule has 0 bridgehead atoms. The molecular weight excluding hydrogens is 368 g/mol. The molecule has 7 heteroatoms. The van der Waals surface area contributed by atoms with Gasteiger partial charge in [0.25, 0.3) is 11.5 Å². The van der Waals surface area contributed by atoms with Crippen molar-refractivity contribution in [2.45, 2.75) is 6.54 Å². The molecule has 29 heavy (non-hydrogen) atoms. The summed E-state index contributed by atoms with van der Waals surface area (Å²) in [4.78, 5) is 40.1. The molecule has 0 fully saturated rings. The maximum atomic E-state index is 12.6. The number of para-hydroxylation sites is 3. The van der Waals surface area contributed by atoms with Crippen LogP contribution in [0.2, 0.25) is 0 Å². The van der Waals surface area contributed by atoms with Crippen LogP contribution in [0.1, 0.15) is 15.9 Å². The Kier molecular flexibility index (Phi) is 4.70. The molecule has 1 amide bonds. The van der Waals surface area contributed by atoms with Crippen LogP contribution in [0.3, 0.4) is 0 Å². The summed E-state index contributed by atoms with van der Waals surface area (Å²) in [6, 6.07) is 20.6. The minimum Gasteiger partial charge on any atom is -0.397 e. The molecule has 1 aromatic heterocycles. The van der Waals surface area contributed by atoms with Gasteiger partial charge in [0.15, 0.2) is 0 Å². The van der Waals surface area contributed by atoms with Crippen LogP contribution < -0.4 is 22.3 Å². The first kappa shape index (κ1) is 18.2. The van der Waals surface area contributed by atoms with Crippen LogP contribution in [0.4, 0.5) is 11.4 Å². The maximum Gasteiger partial charge on any atom is 0.329 e. The predicted molar refractivity (Wildman–Crippen MR) is 113 cm³/mol. The number of rotatable bonds is 4. The average Bonchev–Trinajstić information content (AvgIpc) is 2.73. The number of H-pyrrole nitrogens is 1. The topological polar surface area (TPSA) is 110 Å². The molecule has 0 saturated carbocycles. The molecule has 0 aliphatic heterocycles. The molecule has 4 aromatic rings. The van der Waals surface area contributed by atoms with E-state index in [0.29, 0.717) is 27.8 Å². The Bertz CT molecular complexity index is 1320. The van der Waals surface area contributed by atoms with Gasteiger partial charge in [0.1, 0.15) is 0 Å². The number of carbonyl (C=O) groups excluding carboxylic acids is 1. The number of amides is 1. The number of fused-ring (bicyclic) bond motifs is 1. The predicted octanol–water partition coefficient (Wildman–Crippen LogP) is 2.57. The Hall–Kier alpha value is -4.13. The number of hydrogen-bond donors (Lipinski definition) is 3. The van der Waals surface area contributed by atoms with E-state index in [9.17, 15) is 14.4 Å². The fourth-order valence-electron chi connectivity index (χ4n) is 3.09. The fourth-order valence-corrected chi connectivity index (χ4v) is 3.09. The molecular formula is C22H18N4O3. The van der Waals surface area contributed by atoms with Crippen LogP contribution in [-0.2, 0) is 6.54 Å². The Morgan fingerprint density at radius 2 is 1.62 bits per heavy atom. The zero-order valence-electron chi connectivity index (χ0n) is 15.4. The number of aromatic nitrogens is 2. The molecule has 3 aromatic carbocycles. The number of nitrogen functional groups attached to an aromatic ring is 1. The monoisotopic (exact) mass is 386 g/mol. The van der Waals surface area contributed by atoms with Crippen molar-refractivity contribution in [1.29, 1.82) is 0 Å². The number of nitrogens with one attached hydrogen (secondary N) is 2. The second-order valence-corrected chi connectivity index (χ2v) is 6.61. The summed E-state index contributed by atoms with van der Waals surface area (Å²) in [5.41, 5.74) is 7.70. The van der Waals surface area contributed by atoms with Gasteiger partial charge in [-0.05, 0) is 42.0 Å². The maximum absolute atomic E-state index is 12.6. The highest BCUT2D eigenvalue weighted by Crippen LogP contribution is 2.18. The zero-order valence-corrected chi connectivity index (χ0v) is 15.4. The van der Waals surface area contributed by atoms with Crippen molar-refractivity contribution in [2.75, 3.05) is 11.1 Å². The minimum atomic E-state index is -0.477. The van der Waals surface area contributed by atoms with Gasteiger partial charge in [0.05, 0.1) is 28.8 Å². The van der Waals surface area contributed by atoms with Crippen LogP contribution in [-0.4, -0.2) is 15.5 Å². The smallest absolute Gasteiger partial charge is 0.329 e. The van der Waals surface area contributed by atoms with Crippen LogP contribution in [0.5, 0.6) is 0 Å². The van der Waals surface area contributed by atoms with Crippen LogP contribution in [0, 0.1) is 0 Å². The first-order chi connectivity index (χ1) is 14.0. The van der Waals surface area contributed by atoms with E-state index < -0.39 is 5.69 Å². The lowest BCUT2D eigenvalue weighted by Crippen LogP contribution is -2.35. The molecule has 0 saturated heterocycles. The fraction of sp³-hybridized carbons (Fsp3) is 0.0455. The van der Waals surface area contributed by atoms with E-state index in [4.69, 9.17) is 5.73 Å². The van der Waals surface area contributed by atoms with E-state index >= 15 is 0 Å². The molecule has 0 aliphatic rings. The summed E-state index contributed by atoms with van der Waals surface area (Å²) < 4.78 is 1.14. The SMILES string of the molecule is Nc1ccccc1NC(=O)c1ccc(Cn2c(=O)[nH]c3ccccc3c2=O)cc1. The van der Waals surface area contributed by atoms with Gasteiger partial charge >= 0.3 is 5.69 Å². The van der Waals surface area contributed by atoms with Gasteiger partial charge in [0.2, 0.25) is 0 Å². The summed E-state index contributed by atoms with van der Waals surface area (Å²) in [6.45, 7) is 0.104. The van der Waals surface area contributed by atoms with Crippen molar-refractivity contribution < 1.29 is 4.79 Å². The average molecular weight is 386 g/mol. The van der Waals surface area contributed by atoms with Gasteiger partial charge in [-0.15, -0.1) is 0 Å². The Morgan fingerprint density at radius 3 is 2.38 bits per heavy atom. The molecule has 7 nitrogen and oxygen atoms in total. The second kappa shape index (κ2) is 7.47. The van der Waals surface area contributed by atoms with E-state index in [1.54, 1.807) is 72.8 Å². The molecule has 4 rings (SSSR count). The Morgan fingerprint density at radius 1 is 0.931 bits per heavy atom. The summed E-state index contributed by atoms with van der Waals surface area (Å²) in [7, 11) is 0. The quantitative estimate of drug-likeness (QED) is 0.468. The third kappa shape index (κ3) is 3.66. The van der Waals surface area contributed by atoms with Crippen molar-refractivity contribution in [2.24, 2.45) is 0 Å². The number of nitrogens with two attached hydrogens (primary N) is 1. The van der Waals surface area contributed by atoms with Crippen LogP contribution >= 0.6 is 0 Å². The molecule has 0 atom stereocenters. The first-order valence-electron chi connectivity index (χ1n) is 8.99. The van der Waals surface area contributed by atoms with E-state index in [0.717, 1.165) is 10.1 Å².